The van der Waals surface area contributed by atoms with Gasteiger partial charge in [-0.2, -0.15) is 0 Å². The van der Waals surface area contributed by atoms with Gasteiger partial charge in [-0.25, -0.2) is 0 Å². The fraction of sp³-hybridized carbons (Fsp3) is 0.917. The molecule has 0 bridgehead atoms. The van der Waals surface area contributed by atoms with Gasteiger partial charge in [-0.15, -0.1) is 11.8 Å². The zero-order valence-corrected chi connectivity index (χ0v) is 11.5. The second-order valence-electron chi connectivity index (χ2n) is 4.74. The Bertz CT molecular complexity index is 223. The van der Waals surface area contributed by atoms with Crippen LogP contribution < -0.4 is 0 Å². The summed E-state index contributed by atoms with van der Waals surface area (Å²) in [5, 5.41) is 0.0844. The molecule has 3 nitrogen and oxygen atoms in total. The smallest absolute Gasteiger partial charge is 0.319 e. The fourth-order valence-electron chi connectivity index (χ4n) is 2.04. The van der Waals surface area contributed by atoms with Crippen LogP contribution in [0.15, 0.2) is 0 Å². The van der Waals surface area contributed by atoms with Gasteiger partial charge in [-0.1, -0.05) is 0 Å². The van der Waals surface area contributed by atoms with Crippen molar-refractivity contribution in [3.05, 3.63) is 0 Å². The third-order valence-electron chi connectivity index (χ3n) is 2.88. The molecule has 1 atom stereocenters. The molecule has 1 aliphatic heterocycles. The summed E-state index contributed by atoms with van der Waals surface area (Å²) in [6.45, 7) is 10.5. The Labute approximate surface area is 103 Å². The number of carbonyl (C=O) groups is 1. The number of thioether (sulfide) groups is 1. The van der Waals surface area contributed by atoms with Crippen LogP contribution in [0.2, 0.25) is 0 Å². The van der Waals surface area contributed by atoms with Crippen molar-refractivity contribution in [2.24, 2.45) is 0 Å². The molecule has 16 heavy (non-hydrogen) atoms. The van der Waals surface area contributed by atoms with Crippen molar-refractivity contribution in [1.82, 2.24) is 4.90 Å². The van der Waals surface area contributed by atoms with E-state index >= 15 is 0 Å². The molecule has 4 heteroatoms. The van der Waals surface area contributed by atoms with Crippen LogP contribution in [0.1, 0.15) is 34.1 Å². The predicted molar refractivity (Wildman–Crippen MR) is 68.8 cm³/mol. The number of carbonyl (C=O) groups excluding carboxylic acids is 1. The molecule has 94 valence electrons. The quantitative estimate of drug-likeness (QED) is 0.671. The first-order chi connectivity index (χ1) is 7.52. The van der Waals surface area contributed by atoms with Crippen molar-refractivity contribution < 1.29 is 9.53 Å². The molecule has 1 fully saturated rings. The van der Waals surface area contributed by atoms with E-state index in [1.165, 1.54) is 0 Å². The SMILES string of the molecule is CC(C)N(CCS[C@@H]1CCOC1=O)C(C)C. The normalized spacial score (nSPS) is 21.2. The van der Waals surface area contributed by atoms with E-state index in [1.807, 2.05) is 0 Å². The standard InChI is InChI=1S/C12H23NO2S/c1-9(2)13(10(3)4)6-8-16-11-5-7-15-12(11)14/h9-11H,5-8H2,1-4H3/t11-/m1/s1. The molecule has 0 aromatic heterocycles. The van der Waals surface area contributed by atoms with E-state index < -0.39 is 0 Å². The van der Waals surface area contributed by atoms with Crippen LogP contribution >= 0.6 is 11.8 Å². The summed E-state index contributed by atoms with van der Waals surface area (Å²) in [5.74, 6) is 0.987. The fourth-order valence-corrected chi connectivity index (χ4v) is 3.11. The summed E-state index contributed by atoms with van der Waals surface area (Å²) in [6.07, 6.45) is 0.882. The third kappa shape index (κ3) is 3.98. The van der Waals surface area contributed by atoms with Crippen molar-refractivity contribution in [3.8, 4) is 0 Å². The highest BCUT2D eigenvalue weighted by molar-refractivity contribution is 8.00. The van der Waals surface area contributed by atoms with Crippen molar-refractivity contribution in [3.63, 3.8) is 0 Å². The van der Waals surface area contributed by atoms with Crippen LogP contribution in [0.4, 0.5) is 0 Å². The molecule has 0 aliphatic carbocycles. The van der Waals surface area contributed by atoms with Gasteiger partial charge in [0.1, 0.15) is 5.25 Å². The Balaban J connectivity index is 2.25. The maximum atomic E-state index is 11.3. The third-order valence-corrected chi connectivity index (χ3v) is 4.13. The van der Waals surface area contributed by atoms with E-state index in [-0.39, 0.29) is 11.2 Å². The summed E-state index contributed by atoms with van der Waals surface area (Å²) < 4.78 is 4.94. The van der Waals surface area contributed by atoms with Crippen molar-refractivity contribution in [2.45, 2.75) is 51.4 Å². The highest BCUT2D eigenvalue weighted by Crippen LogP contribution is 2.22. The van der Waals surface area contributed by atoms with Gasteiger partial charge in [0.25, 0.3) is 0 Å². The van der Waals surface area contributed by atoms with Gasteiger partial charge in [0.15, 0.2) is 0 Å². The molecule has 0 radical (unpaired) electrons. The largest absolute Gasteiger partial charge is 0.465 e. The molecule has 0 N–H and O–H groups in total. The Morgan fingerprint density at radius 1 is 1.38 bits per heavy atom. The highest BCUT2D eigenvalue weighted by atomic mass is 32.2. The van der Waals surface area contributed by atoms with Gasteiger partial charge >= 0.3 is 5.97 Å². The first-order valence-corrected chi connectivity index (χ1v) is 7.11. The number of esters is 1. The average Bonchev–Trinajstić information content (AvgIpc) is 2.57. The molecular formula is C12H23NO2S. The van der Waals surface area contributed by atoms with Crippen LogP contribution in [-0.2, 0) is 9.53 Å². The van der Waals surface area contributed by atoms with Gasteiger partial charge in [0.2, 0.25) is 0 Å². The van der Waals surface area contributed by atoms with Gasteiger partial charge in [0, 0.05) is 30.8 Å². The second-order valence-corrected chi connectivity index (χ2v) is 6.05. The lowest BCUT2D eigenvalue weighted by Gasteiger charge is -2.30. The van der Waals surface area contributed by atoms with Crippen molar-refractivity contribution in [1.29, 1.82) is 0 Å². The van der Waals surface area contributed by atoms with E-state index in [0.29, 0.717) is 18.7 Å². The lowest BCUT2D eigenvalue weighted by molar-refractivity contribution is -0.137. The van der Waals surface area contributed by atoms with Gasteiger partial charge < -0.3 is 4.74 Å². The summed E-state index contributed by atoms with van der Waals surface area (Å²) in [4.78, 5) is 13.7. The summed E-state index contributed by atoms with van der Waals surface area (Å²) in [7, 11) is 0. The zero-order valence-electron chi connectivity index (χ0n) is 10.7. The summed E-state index contributed by atoms with van der Waals surface area (Å²) in [5.41, 5.74) is 0. The van der Waals surface area contributed by atoms with E-state index in [2.05, 4.69) is 32.6 Å². The molecule has 0 spiro atoms. The number of ether oxygens (including phenoxy) is 1. The molecule has 0 aromatic rings. The monoisotopic (exact) mass is 245 g/mol. The molecular weight excluding hydrogens is 222 g/mol. The number of hydrogen-bond acceptors (Lipinski definition) is 4. The summed E-state index contributed by atoms with van der Waals surface area (Å²) >= 11 is 1.74. The first-order valence-electron chi connectivity index (χ1n) is 6.06. The molecule has 1 saturated heterocycles. The minimum absolute atomic E-state index is 0.0226. The Morgan fingerprint density at radius 3 is 2.44 bits per heavy atom. The number of nitrogens with zero attached hydrogens (tertiary/aromatic N) is 1. The first kappa shape index (κ1) is 13.8. The van der Waals surface area contributed by atoms with Crippen LogP contribution in [-0.4, -0.2) is 47.1 Å². The lowest BCUT2D eigenvalue weighted by atomic mass is 10.2. The topological polar surface area (TPSA) is 29.5 Å². The van der Waals surface area contributed by atoms with Crippen LogP contribution in [0.25, 0.3) is 0 Å². The molecule has 0 amide bonds. The second kappa shape index (κ2) is 6.50. The Morgan fingerprint density at radius 2 is 2.00 bits per heavy atom. The van der Waals surface area contributed by atoms with E-state index in [1.54, 1.807) is 11.8 Å². The maximum absolute atomic E-state index is 11.3. The minimum Gasteiger partial charge on any atom is -0.465 e. The van der Waals surface area contributed by atoms with Gasteiger partial charge in [-0.3, -0.25) is 9.69 Å². The van der Waals surface area contributed by atoms with Crippen LogP contribution in [0.3, 0.4) is 0 Å². The molecule has 1 aliphatic rings. The Hall–Kier alpha value is -0.220. The molecule has 0 saturated carbocycles. The van der Waals surface area contributed by atoms with Crippen LogP contribution in [0, 0.1) is 0 Å². The summed E-state index contributed by atoms with van der Waals surface area (Å²) in [6, 6.07) is 1.13. The highest BCUT2D eigenvalue weighted by Gasteiger charge is 2.26. The predicted octanol–water partition coefficient (Wildman–Crippen LogP) is 2.15. The average molecular weight is 245 g/mol. The number of cyclic esters (lactones) is 1. The van der Waals surface area contributed by atoms with Gasteiger partial charge in [0.05, 0.1) is 6.61 Å². The molecule has 1 rings (SSSR count). The lowest BCUT2D eigenvalue weighted by Crippen LogP contribution is -2.38. The van der Waals surface area contributed by atoms with Crippen LogP contribution in [0.5, 0.6) is 0 Å². The maximum Gasteiger partial charge on any atom is 0.319 e. The van der Waals surface area contributed by atoms with E-state index in [0.717, 1.165) is 18.7 Å². The van der Waals surface area contributed by atoms with E-state index in [9.17, 15) is 4.79 Å². The molecule has 1 heterocycles. The van der Waals surface area contributed by atoms with Crippen molar-refractivity contribution >= 4 is 17.7 Å². The zero-order chi connectivity index (χ0) is 12.1. The van der Waals surface area contributed by atoms with Gasteiger partial charge in [-0.05, 0) is 27.7 Å². The van der Waals surface area contributed by atoms with Crippen molar-refractivity contribution in [2.75, 3.05) is 18.9 Å². The van der Waals surface area contributed by atoms with E-state index in [4.69, 9.17) is 4.74 Å². The number of rotatable bonds is 6. The minimum atomic E-state index is -0.0226. The molecule has 0 unspecified atom stereocenters. The number of hydrogen-bond donors (Lipinski definition) is 0. The Kier molecular flexibility index (Phi) is 5.62. The molecule has 0 aromatic carbocycles.